The van der Waals surface area contributed by atoms with E-state index < -0.39 is 17.7 Å². The third-order valence-electron chi connectivity index (χ3n) is 2.45. The Hall–Kier alpha value is -1.68. The maximum Gasteiger partial charge on any atom is 0.159 e. The van der Waals surface area contributed by atoms with Gasteiger partial charge in [-0.3, -0.25) is 0 Å². The molecule has 2 rings (SSSR count). The molecule has 0 bridgehead atoms. The molecule has 0 radical (unpaired) electrons. The van der Waals surface area contributed by atoms with E-state index >= 15 is 0 Å². The summed E-state index contributed by atoms with van der Waals surface area (Å²) in [7, 11) is 0. The molecule has 1 unspecified atom stereocenters. The van der Waals surface area contributed by atoms with Crippen molar-refractivity contribution in [3.63, 3.8) is 0 Å². The van der Waals surface area contributed by atoms with Crippen LogP contribution in [0.15, 0.2) is 34.9 Å². The van der Waals surface area contributed by atoms with Crippen LogP contribution in [-0.4, -0.2) is 5.11 Å². The van der Waals surface area contributed by atoms with Crippen LogP contribution in [0.2, 0.25) is 0 Å². The van der Waals surface area contributed by atoms with Crippen molar-refractivity contribution in [3.8, 4) is 0 Å². The first kappa shape index (κ1) is 10.8. The van der Waals surface area contributed by atoms with E-state index in [1.54, 1.807) is 13.0 Å². The monoisotopic (exact) mass is 224 g/mol. The lowest BCUT2D eigenvalue weighted by atomic mass is 10.0. The van der Waals surface area contributed by atoms with Crippen LogP contribution in [0.3, 0.4) is 0 Å². The molecule has 0 amide bonds. The van der Waals surface area contributed by atoms with Gasteiger partial charge in [-0.2, -0.15) is 0 Å². The Balaban J connectivity index is 2.38. The second kappa shape index (κ2) is 4.06. The van der Waals surface area contributed by atoms with Gasteiger partial charge in [0.1, 0.15) is 11.9 Å². The number of benzene rings is 1. The molecule has 1 aromatic heterocycles. The summed E-state index contributed by atoms with van der Waals surface area (Å²) >= 11 is 0. The number of furan rings is 1. The van der Waals surface area contributed by atoms with Gasteiger partial charge < -0.3 is 9.52 Å². The molecule has 84 valence electrons. The lowest BCUT2D eigenvalue weighted by molar-refractivity contribution is 0.217. The summed E-state index contributed by atoms with van der Waals surface area (Å²) in [5.41, 5.74) is 0.842. The number of halogens is 2. The van der Waals surface area contributed by atoms with Crippen LogP contribution >= 0.6 is 0 Å². The zero-order valence-corrected chi connectivity index (χ0v) is 8.58. The Morgan fingerprint density at radius 2 is 1.94 bits per heavy atom. The molecular formula is C12H10F2O2. The molecular weight excluding hydrogens is 214 g/mol. The fourth-order valence-corrected chi connectivity index (χ4v) is 1.54. The predicted molar refractivity (Wildman–Crippen MR) is 53.9 cm³/mol. The zero-order chi connectivity index (χ0) is 11.7. The summed E-state index contributed by atoms with van der Waals surface area (Å²) in [4.78, 5) is 0. The molecule has 1 aromatic carbocycles. The first-order valence-electron chi connectivity index (χ1n) is 4.76. The molecule has 1 atom stereocenters. The van der Waals surface area contributed by atoms with E-state index in [2.05, 4.69) is 0 Å². The first-order chi connectivity index (χ1) is 7.59. The van der Waals surface area contributed by atoms with E-state index in [0.717, 1.165) is 12.1 Å². The number of aliphatic hydroxyl groups excluding tert-OH is 1. The molecule has 4 heteroatoms. The summed E-state index contributed by atoms with van der Waals surface area (Å²) in [6, 6.07) is 4.91. The minimum atomic E-state index is -1.01. The first-order valence-corrected chi connectivity index (χ1v) is 4.76. The molecule has 1 heterocycles. The van der Waals surface area contributed by atoms with Crippen LogP contribution in [0.5, 0.6) is 0 Å². The Bertz CT molecular complexity index is 505. The van der Waals surface area contributed by atoms with Gasteiger partial charge in [-0.1, -0.05) is 6.07 Å². The van der Waals surface area contributed by atoms with Gasteiger partial charge in [-0.25, -0.2) is 8.78 Å². The zero-order valence-electron chi connectivity index (χ0n) is 8.58. The highest BCUT2D eigenvalue weighted by Gasteiger charge is 2.16. The topological polar surface area (TPSA) is 33.4 Å². The van der Waals surface area contributed by atoms with Crippen molar-refractivity contribution in [3.05, 3.63) is 59.1 Å². The van der Waals surface area contributed by atoms with Crippen molar-refractivity contribution in [1.82, 2.24) is 0 Å². The van der Waals surface area contributed by atoms with Crippen LogP contribution in [0, 0.1) is 18.6 Å². The fourth-order valence-electron chi connectivity index (χ4n) is 1.54. The highest BCUT2D eigenvalue weighted by molar-refractivity contribution is 5.31. The predicted octanol–water partition coefficient (Wildman–Crippen LogP) is 2.95. The smallest absolute Gasteiger partial charge is 0.159 e. The molecule has 1 N–H and O–H groups in total. The third-order valence-corrected chi connectivity index (χ3v) is 2.45. The van der Waals surface area contributed by atoms with Gasteiger partial charge in [0.2, 0.25) is 0 Å². The largest absolute Gasteiger partial charge is 0.469 e. The van der Waals surface area contributed by atoms with Crippen molar-refractivity contribution in [2.45, 2.75) is 13.0 Å². The van der Waals surface area contributed by atoms with Crippen molar-refractivity contribution in [2.75, 3.05) is 0 Å². The molecule has 2 aromatic rings. The van der Waals surface area contributed by atoms with Crippen molar-refractivity contribution >= 4 is 0 Å². The highest BCUT2D eigenvalue weighted by atomic mass is 19.2. The maximum atomic E-state index is 13.0. The number of aliphatic hydroxyl groups is 1. The quantitative estimate of drug-likeness (QED) is 0.850. The van der Waals surface area contributed by atoms with E-state index in [9.17, 15) is 13.9 Å². The summed E-state index contributed by atoms with van der Waals surface area (Å²) in [5, 5.41) is 9.93. The maximum absolute atomic E-state index is 13.0. The molecule has 0 saturated heterocycles. The van der Waals surface area contributed by atoms with Crippen molar-refractivity contribution in [1.29, 1.82) is 0 Å². The van der Waals surface area contributed by atoms with E-state index in [1.165, 1.54) is 12.3 Å². The Labute approximate surface area is 91.1 Å². The van der Waals surface area contributed by atoms with Crippen molar-refractivity contribution < 1.29 is 18.3 Å². The second-order valence-electron chi connectivity index (χ2n) is 3.51. The normalized spacial score (nSPS) is 12.8. The number of hydrogen-bond donors (Lipinski definition) is 1. The van der Waals surface area contributed by atoms with Crippen LogP contribution in [0.1, 0.15) is 23.0 Å². The van der Waals surface area contributed by atoms with Crippen LogP contribution in [-0.2, 0) is 0 Å². The van der Waals surface area contributed by atoms with Crippen LogP contribution < -0.4 is 0 Å². The number of rotatable bonds is 2. The standard InChI is InChI=1S/C12H10F2O2/c1-7-9(4-5-16-7)12(15)8-2-3-10(13)11(14)6-8/h2-6,12,15H,1H3. The average Bonchev–Trinajstić information content (AvgIpc) is 2.67. The lowest BCUT2D eigenvalue weighted by Crippen LogP contribution is -2.01. The summed E-state index contributed by atoms with van der Waals surface area (Å²) < 4.78 is 30.7. The molecule has 0 fully saturated rings. The third kappa shape index (κ3) is 1.84. The van der Waals surface area contributed by atoms with Gasteiger partial charge in [-0.15, -0.1) is 0 Å². The highest BCUT2D eigenvalue weighted by Crippen LogP contribution is 2.26. The molecule has 2 nitrogen and oxygen atoms in total. The van der Waals surface area contributed by atoms with E-state index in [0.29, 0.717) is 16.9 Å². The Morgan fingerprint density at radius 3 is 2.50 bits per heavy atom. The van der Waals surface area contributed by atoms with E-state index in [1.807, 2.05) is 0 Å². The molecule has 0 aliphatic rings. The minimum Gasteiger partial charge on any atom is -0.469 e. The molecule has 0 saturated carbocycles. The molecule has 0 aliphatic heterocycles. The molecule has 0 spiro atoms. The number of aryl methyl sites for hydroxylation is 1. The van der Waals surface area contributed by atoms with Gasteiger partial charge >= 0.3 is 0 Å². The molecule has 0 aliphatic carbocycles. The fraction of sp³-hybridized carbons (Fsp3) is 0.167. The Morgan fingerprint density at radius 1 is 1.19 bits per heavy atom. The summed E-state index contributed by atoms with van der Waals surface area (Å²) in [6.45, 7) is 1.69. The Kier molecular flexibility index (Phi) is 2.75. The summed E-state index contributed by atoms with van der Waals surface area (Å²) in [5.74, 6) is -1.35. The van der Waals surface area contributed by atoms with Crippen molar-refractivity contribution in [2.24, 2.45) is 0 Å². The van der Waals surface area contributed by atoms with Gasteiger partial charge in [-0.05, 0) is 30.7 Å². The minimum absolute atomic E-state index is 0.295. The molecule has 16 heavy (non-hydrogen) atoms. The van der Waals surface area contributed by atoms with Gasteiger partial charge in [0.25, 0.3) is 0 Å². The van der Waals surface area contributed by atoms with Crippen LogP contribution in [0.4, 0.5) is 8.78 Å². The van der Waals surface area contributed by atoms with Gasteiger partial charge in [0, 0.05) is 5.56 Å². The van der Waals surface area contributed by atoms with E-state index in [-0.39, 0.29) is 0 Å². The number of hydrogen-bond acceptors (Lipinski definition) is 2. The van der Waals surface area contributed by atoms with Gasteiger partial charge in [0.05, 0.1) is 6.26 Å². The average molecular weight is 224 g/mol. The van der Waals surface area contributed by atoms with Crippen LogP contribution in [0.25, 0.3) is 0 Å². The SMILES string of the molecule is Cc1occc1C(O)c1ccc(F)c(F)c1. The summed E-state index contributed by atoms with van der Waals surface area (Å²) in [6.07, 6.45) is 0.433. The van der Waals surface area contributed by atoms with Gasteiger partial charge in [0.15, 0.2) is 11.6 Å². The van der Waals surface area contributed by atoms with E-state index in [4.69, 9.17) is 4.42 Å². The second-order valence-corrected chi connectivity index (χ2v) is 3.51. The lowest BCUT2D eigenvalue weighted by Gasteiger charge is -2.10.